The first kappa shape index (κ1) is 26.2. The molecule has 0 fully saturated rings. The van der Waals surface area contributed by atoms with E-state index >= 15 is 0 Å². The van der Waals surface area contributed by atoms with Crippen molar-refractivity contribution < 1.29 is 28.1 Å². The SMILES string of the molecule is Cc1cc(C(O)CCc2sc(-c3ccc(C(F)(F)F)cc3)nc2C(C)C)c(C)cc1OCCO. The van der Waals surface area contributed by atoms with Crippen molar-refractivity contribution in [3.63, 3.8) is 0 Å². The molecule has 0 saturated carbocycles. The minimum Gasteiger partial charge on any atom is -0.491 e. The third-order valence-corrected chi connectivity index (χ3v) is 6.83. The fraction of sp³-hybridized carbons (Fsp3) is 0.423. The van der Waals surface area contributed by atoms with Crippen LogP contribution in [0.4, 0.5) is 13.2 Å². The predicted octanol–water partition coefficient (Wildman–Crippen LogP) is 6.61. The zero-order chi connectivity index (χ0) is 25.0. The Morgan fingerprint density at radius 1 is 1.06 bits per heavy atom. The molecule has 3 rings (SSSR count). The van der Waals surface area contributed by atoms with Crippen LogP contribution in [0.3, 0.4) is 0 Å². The van der Waals surface area contributed by atoms with Crippen molar-refractivity contribution in [2.75, 3.05) is 13.2 Å². The van der Waals surface area contributed by atoms with Crippen molar-refractivity contribution >= 4 is 11.3 Å². The third kappa shape index (κ3) is 6.17. The fourth-order valence-electron chi connectivity index (χ4n) is 3.82. The molecule has 1 heterocycles. The van der Waals surface area contributed by atoms with Crippen LogP contribution in [0.15, 0.2) is 36.4 Å². The van der Waals surface area contributed by atoms with Crippen LogP contribution in [0.1, 0.15) is 65.1 Å². The number of hydrogen-bond acceptors (Lipinski definition) is 5. The zero-order valence-corrected chi connectivity index (χ0v) is 20.6. The molecule has 4 nitrogen and oxygen atoms in total. The summed E-state index contributed by atoms with van der Waals surface area (Å²) in [6.07, 6.45) is -3.95. The maximum atomic E-state index is 12.9. The number of aryl methyl sites for hydroxylation is 3. The largest absolute Gasteiger partial charge is 0.491 e. The molecule has 184 valence electrons. The molecule has 0 aliphatic heterocycles. The van der Waals surface area contributed by atoms with Crippen LogP contribution < -0.4 is 4.74 Å². The van der Waals surface area contributed by atoms with Gasteiger partial charge in [0.15, 0.2) is 0 Å². The van der Waals surface area contributed by atoms with E-state index in [1.165, 1.54) is 23.5 Å². The highest BCUT2D eigenvalue weighted by molar-refractivity contribution is 7.15. The van der Waals surface area contributed by atoms with E-state index in [-0.39, 0.29) is 19.1 Å². The lowest BCUT2D eigenvalue weighted by molar-refractivity contribution is -0.137. The maximum Gasteiger partial charge on any atom is 0.416 e. The summed E-state index contributed by atoms with van der Waals surface area (Å²) in [6.45, 7) is 8.03. The molecule has 3 aromatic rings. The van der Waals surface area contributed by atoms with Gasteiger partial charge in [0, 0.05) is 10.4 Å². The number of aromatic nitrogens is 1. The van der Waals surface area contributed by atoms with E-state index in [0.29, 0.717) is 29.2 Å². The number of halogens is 3. The van der Waals surface area contributed by atoms with Crippen LogP contribution in [0, 0.1) is 13.8 Å². The Labute approximate surface area is 202 Å². The minimum absolute atomic E-state index is 0.0651. The first-order valence-corrected chi connectivity index (χ1v) is 12.0. The van der Waals surface area contributed by atoms with Gasteiger partial charge in [0.2, 0.25) is 0 Å². The fourth-order valence-corrected chi connectivity index (χ4v) is 5.06. The molecule has 0 saturated heterocycles. The van der Waals surface area contributed by atoms with Crippen LogP contribution >= 0.6 is 11.3 Å². The average Bonchev–Trinajstić information content (AvgIpc) is 3.22. The van der Waals surface area contributed by atoms with Gasteiger partial charge >= 0.3 is 6.18 Å². The molecule has 0 spiro atoms. The Bertz CT molecular complexity index is 1110. The average molecular weight is 494 g/mol. The Kier molecular flexibility index (Phi) is 8.38. The van der Waals surface area contributed by atoms with Crippen LogP contribution in [-0.2, 0) is 12.6 Å². The minimum atomic E-state index is -4.37. The molecule has 1 unspecified atom stereocenters. The Morgan fingerprint density at radius 3 is 2.32 bits per heavy atom. The van der Waals surface area contributed by atoms with Crippen LogP contribution in [0.5, 0.6) is 5.75 Å². The van der Waals surface area contributed by atoms with E-state index in [9.17, 15) is 18.3 Å². The number of ether oxygens (including phenoxy) is 1. The van der Waals surface area contributed by atoms with Gasteiger partial charge in [-0.25, -0.2) is 4.98 Å². The number of aliphatic hydroxyl groups excluding tert-OH is 2. The summed E-state index contributed by atoms with van der Waals surface area (Å²) in [7, 11) is 0. The van der Waals surface area contributed by atoms with Crippen molar-refractivity contribution in [3.05, 3.63) is 69.2 Å². The van der Waals surface area contributed by atoms with E-state index in [2.05, 4.69) is 0 Å². The van der Waals surface area contributed by atoms with Crippen molar-refractivity contribution in [2.45, 2.75) is 58.7 Å². The van der Waals surface area contributed by atoms with Crippen LogP contribution in [-0.4, -0.2) is 28.4 Å². The summed E-state index contributed by atoms with van der Waals surface area (Å²) in [4.78, 5) is 5.74. The second-order valence-electron chi connectivity index (χ2n) is 8.66. The van der Waals surface area contributed by atoms with Crippen molar-refractivity contribution in [1.29, 1.82) is 0 Å². The van der Waals surface area contributed by atoms with E-state index in [1.54, 1.807) is 0 Å². The van der Waals surface area contributed by atoms with Crippen molar-refractivity contribution in [1.82, 2.24) is 4.98 Å². The molecule has 2 aromatic carbocycles. The van der Waals surface area contributed by atoms with Gasteiger partial charge in [0.25, 0.3) is 0 Å². The highest BCUT2D eigenvalue weighted by atomic mass is 32.1. The van der Waals surface area contributed by atoms with E-state index < -0.39 is 17.8 Å². The lowest BCUT2D eigenvalue weighted by Gasteiger charge is -2.17. The topological polar surface area (TPSA) is 62.6 Å². The first-order chi connectivity index (χ1) is 16.0. The Hall–Kier alpha value is -2.42. The molecule has 34 heavy (non-hydrogen) atoms. The molecule has 2 N–H and O–H groups in total. The van der Waals surface area contributed by atoms with Gasteiger partial charge in [0.05, 0.1) is 24.0 Å². The second kappa shape index (κ2) is 10.9. The Balaban J connectivity index is 1.78. The number of hydrogen-bond donors (Lipinski definition) is 2. The zero-order valence-electron chi connectivity index (χ0n) is 19.7. The summed E-state index contributed by atoms with van der Waals surface area (Å²) < 4.78 is 44.2. The first-order valence-electron chi connectivity index (χ1n) is 11.2. The summed E-state index contributed by atoms with van der Waals surface area (Å²) >= 11 is 1.46. The number of rotatable bonds is 9. The highest BCUT2D eigenvalue weighted by Crippen LogP contribution is 2.36. The summed E-state index contributed by atoms with van der Waals surface area (Å²) in [5.41, 5.74) is 3.50. The molecule has 1 atom stereocenters. The predicted molar refractivity (Wildman–Crippen MR) is 128 cm³/mol. The van der Waals surface area contributed by atoms with Gasteiger partial charge in [-0.2, -0.15) is 13.2 Å². The number of alkyl halides is 3. The second-order valence-corrected chi connectivity index (χ2v) is 9.74. The van der Waals surface area contributed by atoms with Crippen LogP contribution in [0.2, 0.25) is 0 Å². The lowest BCUT2D eigenvalue weighted by atomic mass is 9.96. The van der Waals surface area contributed by atoms with Crippen molar-refractivity contribution in [3.8, 4) is 16.3 Å². The van der Waals surface area contributed by atoms with Crippen molar-refractivity contribution in [2.24, 2.45) is 0 Å². The molecular formula is C26H30F3NO3S. The monoisotopic (exact) mass is 493 g/mol. The standard InChI is InChI=1S/C26H30F3NO3S/c1-15(2)24-23(34-25(30-24)18-5-7-19(8-6-18)26(27,28)29)10-9-21(32)20-13-17(4)22(14-16(20)3)33-12-11-31/h5-8,13-15,21,31-32H,9-12H2,1-4H3. The molecule has 0 radical (unpaired) electrons. The normalized spacial score (nSPS) is 12.9. The third-order valence-electron chi connectivity index (χ3n) is 5.65. The lowest BCUT2D eigenvalue weighted by Crippen LogP contribution is -2.06. The summed E-state index contributed by atoms with van der Waals surface area (Å²) in [6, 6.07) is 8.85. The number of benzene rings is 2. The van der Waals surface area contributed by atoms with Gasteiger partial charge in [-0.05, 0) is 73.6 Å². The van der Waals surface area contributed by atoms with Gasteiger partial charge in [-0.15, -0.1) is 11.3 Å². The molecular weight excluding hydrogens is 463 g/mol. The van der Waals surface area contributed by atoms with E-state index in [1.807, 2.05) is 39.8 Å². The molecule has 0 bridgehead atoms. The van der Waals surface area contributed by atoms with Crippen LogP contribution in [0.25, 0.3) is 10.6 Å². The molecule has 0 amide bonds. The quantitative estimate of drug-likeness (QED) is 0.352. The van der Waals surface area contributed by atoms with Gasteiger partial charge in [-0.3, -0.25) is 0 Å². The summed E-state index contributed by atoms with van der Waals surface area (Å²) in [5, 5.41) is 20.6. The smallest absolute Gasteiger partial charge is 0.416 e. The van der Waals surface area contributed by atoms with Gasteiger partial charge < -0.3 is 14.9 Å². The molecule has 0 aliphatic carbocycles. The number of aliphatic hydroxyl groups is 2. The maximum absolute atomic E-state index is 12.9. The highest BCUT2D eigenvalue weighted by Gasteiger charge is 2.30. The molecule has 0 aliphatic rings. The van der Waals surface area contributed by atoms with Gasteiger partial charge in [-0.1, -0.05) is 26.0 Å². The summed E-state index contributed by atoms with van der Waals surface area (Å²) in [5.74, 6) is 0.840. The van der Waals surface area contributed by atoms with E-state index in [4.69, 9.17) is 14.8 Å². The number of nitrogens with zero attached hydrogens (tertiary/aromatic N) is 1. The number of thiazole rings is 1. The Morgan fingerprint density at radius 2 is 1.74 bits per heavy atom. The molecule has 8 heteroatoms. The van der Waals surface area contributed by atoms with E-state index in [0.717, 1.165) is 39.4 Å². The molecule has 1 aromatic heterocycles. The van der Waals surface area contributed by atoms with Gasteiger partial charge in [0.1, 0.15) is 17.4 Å².